The van der Waals surface area contributed by atoms with Crippen LogP contribution in [-0.4, -0.2) is 58.5 Å². The maximum absolute atomic E-state index is 14.5. The maximum atomic E-state index is 14.5. The molecule has 0 spiro atoms. The first kappa shape index (κ1) is 23.1. The van der Waals surface area contributed by atoms with Crippen LogP contribution in [0.2, 0.25) is 0 Å². The molecule has 2 saturated carbocycles. The fourth-order valence-electron chi connectivity index (χ4n) is 3.22. The van der Waals surface area contributed by atoms with E-state index in [2.05, 4.69) is 0 Å². The summed E-state index contributed by atoms with van der Waals surface area (Å²) in [6, 6.07) is 0. The summed E-state index contributed by atoms with van der Waals surface area (Å²) >= 11 is 0. The molecule has 28 heavy (non-hydrogen) atoms. The van der Waals surface area contributed by atoms with Gasteiger partial charge in [-0.15, -0.1) is 0 Å². The quantitative estimate of drug-likeness (QED) is 0.415. The van der Waals surface area contributed by atoms with E-state index in [1.807, 2.05) is 0 Å². The smallest absolute Gasteiger partial charge is 0.233 e. The fourth-order valence-corrected chi connectivity index (χ4v) is 3.22. The van der Waals surface area contributed by atoms with E-state index in [0.717, 1.165) is 0 Å². The molecule has 2 aliphatic rings. The molecule has 0 unspecified atom stereocenters. The Labute approximate surface area is 141 Å². The number of halogens is 17. The molecule has 2 rings (SSSR count). The predicted octanol–water partition coefficient (Wildman–Crippen LogP) is 5.61. The Bertz CT molecular complexity index is 588. The average Bonchev–Trinajstić information content (AvgIpc) is 2.49. The summed E-state index contributed by atoms with van der Waals surface area (Å²) in [5.41, 5.74) is -23.2. The van der Waals surface area contributed by atoms with Crippen molar-refractivity contribution >= 4 is 0 Å². The van der Waals surface area contributed by atoms with E-state index >= 15 is 0 Å². The van der Waals surface area contributed by atoms with E-state index in [1.165, 1.54) is 0 Å². The van der Waals surface area contributed by atoms with Crippen LogP contribution in [0.3, 0.4) is 0 Å². The summed E-state index contributed by atoms with van der Waals surface area (Å²) < 4.78 is 231. The zero-order valence-corrected chi connectivity index (χ0v) is 12.4. The first-order chi connectivity index (χ1) is 11.8. The molecule has 0 aromatic carbocycles. The first-order valence-electron chi connectivity index (χ1n) is 6.46. The molecule has 0 bridgehead atoms. The molecule has 0 heterocycles. The third-order valence-corrected chi connectivity index (χ3v) is 4.98. The minimum Gasteiger partial charge on any atom is -0.233 e. The fraction of sp³-hybridized carbons (Fsp3) is 1.00. The second kappa shape index (κ2) is 4.59. The van der Waals surface area contributed by atoms with Crippen LogP contribution in [0.25, 0.3) is 0 Å². The van der Waals surface area contributed by atoms with Crippen molar-refractivity contribution in [2.45, 2.75) is 65.4 Å². The average molecular weight is 458 g/mol. The van der Waals surface area contributed by atoms with Gasteiger partial charge in [0.15, 0.2) is 0 Å². The van der Waals surface area contributed by atoms with Crippen molar-refractivity contribution in [3.8, 4) is 0 Å². The molecule has 17 heteroatoms. The molecule has 0 aliphatic heterocycles. The molecular formula is C11H3F17. The first-order valence-corrected chi connectivity index (χ1v) is 6.46. The van der Waals surface area contributed by atoms with Crippen LogP contribution in [0.1, 0.15) is 6.92 Å². The normalized spacial score (nSPS) is 46.5. The van der Waals surface area contributed by atoms with E-state index in [9.17, 15) is 74.6 Å². The Morgan fingerprint density at radius 2 is 0.500 bits per heavy atom. The third-order valence-electron chi connectivity index (χ3n) is 4.98. The zero-order valence-electron chi connectivity index (χ0n) is 12.4. The lowest BCUT2D eigenvalue weighted by molar-refractivity contribution is -0.545. The van der Waals surface area contributed by atoms with Gasteiger partial charge in [-0.2, -0.15) is 61.5 Å². The maximum Gasteiger partial charge on any atom is 0.382 e. The highest BCUT2D eigenvalue weighted by Gasteiger charge is 3.13. The van der Waals surface area contributed by atoms with Crippen molar-refractivity contribution in [2.24, 2.45) is 0 Å². The third kappa shape index (κ3) is 1.47. The molecule has 0 radical (unpaired) electrons. The van der Waals surface area contributed by atoms with E-state index in [4.69, 9.17) is 0 Å². The van der Waals surface area contributed by atoms with E-state index < -0.39 is 65.4 Å². The summed E-state index contributed by atoms with van der Waals surface area (Å²) in [4.78, 5) is 0. The number of hydrogen-bond donors (Lipinski definition) is 0. The highest BCUT2D eigenvalue weighted by molar-refractivity contribution is 5.43. The summed E-state index contributed by atoms with van der Waals surface area (Å²) in [5, 5.41) is 0. The van der Waals surface area contributed by atoms with Crippen molar-refractivity contribution in [3.63, 3.8) is 0 Å². The standard InChI is InChI=1S/C11H3F17/c1-2(12)3(13)4(14,7(19,20)9(23,24)5(2,15)16)8(21,22)11(27,28)10(25,26)6(3,17)18/h1H3/t2-,3+,4-/m1/s1. The lowest BCUT2D eigenvalue weighted by Gasteiger charge is -2.64. The molecule has 0 nitrogen and oxygen atoms in total. The topological polar surface area (TPSA) is 0 Å². The lowest BCUT2D eigenvalue weighted by atomic mass is 9.51. The minimum absolute atomic E-state index is 1.63. The summed E-state index contributed by atoms with van der Waals surface area (Å²) in [6.45, 7) is -1.63. The van der Waals surface area contributed by atoms with Crippen LogP contribution in [0.5, 0.6) is 0 Å². The Morgan fingerprint density at radius 3 is 0.786 bits per heavy atom. The second-order valence-corrected chi connectivity index (χ2v) is 6.34. The number of alkyl halides is 17. The van der Waals surface area contributed by atoms with Gasteiger partial charge in [-0.1, -0.05) is 0 Å². The number of fused-ring (bicyclic) bond motifs is 1. The van der Waals surface area contributed by atoms with Gasteiger partial charge >= 0.3 is 41.5 Å². The Kier molecular flexibility index (Phi) is 3.79. The van der Waals surface area contributed by atoms with Gasteiger partial charge in [-0.05, 0) is 6.92 Å². The van der Waals surface area contributed by atoms with Gasteiger partial charge in [-0.25, -0.2) is 13.2 Å². The van der Waals surface area contributed by atoms with Crippen molar-refractivity contribution < 1.29 is 74.6 Å². The SMILES string of the molecule is C[C@]1(F)C(F)(F)C(F)(F)C(F)(F)[C@@]2(F)C(F)(F)C(F)(F)C(F)(F)C(F)(F)[C@@]21F. The van der Waals surface area contributed by atoms with Crippen LogP contribution in [0, 0.1) is 0 Å². The summed E-state index contributed by atoms with van der Waals surface area (Å²) in [6.07, 6.45) is 0. The van der Waals surface area contributed by atoms with Gasteiger partial charge in [0.05, 0.1) is 0 Å². The van der Waals surface area contributed by atoms with Gasteiger partial charge < -0.3 is 0 Å². The largest absolute Gasteiger partial charge is 0.382 e. The van der Waals surface area contributed by atoms with Crippen molar-refractivity contribution in [1.29, 1.82) is 0 Å². The molecule has 0 aromatic heterocycles. The number of hydrogen-bond acceptors (Lipinski definition) is 0. The number of rotatable bonds is 0. The molecule has 0 aromatic rings. The van der Waals surface area contributed by atoms with Crippen molar-refractivity contribution in [2.75, 3.05) is 0 Å². The molecule has 3 atom stereocenters. The molecule has 0 N–H and O–H groups in total. The predicted molar refractivity (Wildman–Crippen MR) is 51.8 cm³/mol. The lowest BCUT2D eigenvalue weighted by Crippen LogP contribution is -2.98. The highest BCUT2D eigenvalue weighted by atomic mass is 19.4. The van der Waals surface area contributed by atoms with E-state index in [0.29, 0.717) is 0 Å². The van der Waals surface area contributed by atoms with Crippen LogP contribution >= 0.6 is 0 Å². The van der Waals surface area contributed by atoms with Gasteiger partial charge in [0.25, 0.3) is 11.3 Å². The van der Waals surface area contributed by atoms with Crippen LogP contribution in [0.4, 0.5) is 74.6 Å². The molecule has 166 valence electrons. The summed E-state index contributed by atoms with van der Waals surface area (Å²) in [7, 11) is 0. The van der Waals surface area contributed by atoms with E-state index in [1.54, 1.807) is 0 Å². The van der Waals surface area contributed by atoms with E-state index in [-0.39, 0.29) is 0 Å². The van der Waals surface area contributed by atoms with Crippen LogP contribution in [-0.2, 0) is 0 Å². The zero-order chi connectivity index (χ0) is 23.0. The minimum atomic E-state index is -8.27. The molecule has 0 amide bonds. The Morgan fingerprint density at radius 1 is 0.286 bits per heavy atom. The molecular weight excluding hydrogens is 455 g/mol. The second-order valence-electron chi connectivity index (χ2n) is 6.34. The van der Waals surface area contributed by atoms with Gasteiger partial charge in [0.1, 0.15) is 0 Å². The Balaban J connectivity index is 3.23. The van der Waals surface area contributed by atoms with Gasteiger partial charge in [-0.3, -0.25) is 0 Å². The Hall–Kier alpha value is -1.19. The summed E-state index contributed by atoms with van der Waals surface area (Å²) in [5.74, 6) is -56.0. The monoisotopic (exact) mass is 458 g/mol. The van der Waals surface area contributed by atoms with Gasteiger partial charge in [0, 0.05) is 0 Å². The van der Waals surface area contributed by atoms with Gasteiger partial charge in [0.2, 0.25) is 5.67 Å². The van der Waals surface area contributed by atoms with Crippen LogP contribution in [0.15, 0.2) is 0 Å². The van der Waals surface area contributed by atoms with Crippen molar-refractivity contribution in [1.82, 2.24) is 0 Å². The van der Waals surface area contributed by atoms with Crippen molar-refractivity contribution in [3.05, 3.63) is 0 Å². The molecule has 2 aliphatic carbocycles. The highest BCUT2D eigenvalue weighted by Crippen LogP contribution is 2.80. The molecule has 2 fully saturated rings. The van der Waals surface area contributed by atoms with Crippen LogP contribution < -0.4 is 0 Å². The molecule has 0 saturated heterocycles.